The molecule has 120 valence electrons. The Morgan fingerprint density at radius 2 is 1.95 bits per heavy atom. The molecule has 0 fully saturated rings. The zero-order chi connectivity index (χ0) is 16.1. The average Bonchev–Trinajstić information content (AvgIpc) is 2.44. The molecule has 0 heterocycles. The van der Waals surface area contributed by atoms with Crippen LogP contribution in [0.25, 0.3) is 0 Å². The fourth-order valence-corrected chi connectivity index (χ4v) is 3.54. The molecule has 21 heavy (non-hydrogen) atoms. The van der Waals surface area contributed by atoms with Crippen LogP contribution in [0.2, 0.25) is 0 Å². The number of sulfonamides is 1. The van der Waals surface area contributed by atoms with Crippen LogP contribution >= 0.6 is 11.8 Å². The molecule has 0 aliphatic carbocycles. The normalized spacial score (nSPS) is 12.6. The first-order chi connectivity index (χ1) is 9.72. The van der Waals surface area contributed by atoms with Crippen LogP contribution in [0.5, 0.6) is 0 Å². The number of thioether (sulfide) groups is 1. The Morgan fingerprint density at radius 3 is 2.52 bits per heavy atom. The fourth-order valence-electron chi connectivity index (χ4n) is 1.73. The Kier molecular flexibility index (Phi) is 6.71. The molecule has 0 radical (unpaired) electrons. The number of rotatable bonds is 8. The maximum absolute atomic E-state index is 12.5. The Morgan fingerprint density at radius 1 is 1.29 bits per heavy atom. The van der Waals surface area contributed by atoms with E-state index in [1.54, 1.807) is 17.8 Å². The molecule has 4 nitrogen and oxygen atoms in total. The average molecular weight is 331 g/mol. The number of aryl methyl sites for hydroxylation is 1. The molecule has 6 heteroatoms. The van der Waals surface area contributed by atoms with Crippen molar-refractivity contribution in [3.8, 4) is 0 Å². The van der Waals surface area contributed by atoms with Crippen molar-refractivity contribution in [1.82, 2.24) is 10.0 Å². The highest BCUT2D eigenvalue weighted by Crippen LogP contribution is 2.22. The zero-order valence-corrected chi connectivity index (χ0v) is 15.1. The summed E-state index contributed by atoms with van der Waals surface area (Å²) in [6.07, 6.45) is 1.98. The summed E-state index contributed by atoms with van der Waals surface area (Å²) in [4.78, 5) is 0.370. The van der Waals surface area contributed by atoms with Crippen molar-refractivity contribution in [3.63, 3.8) is 0 Å². The molecule has 1 aromatic rings. The fraction of sp³-hybridized carbons (Fsp3) is 0.600. The van der Waals surface area contributed by atoms with Crippen LogP contribution in [0.4, 0.5) is 0 Å². The van der Waals surface area contributed by atoms with Gasteiger partial charge in [-0.1, -0.05) is 19.1 Å². The number of hydrogen-bond acceptors (Lipinski definition) is 4. The first kappa shape index (κ1) is 18.5. The second-order valence-electron chi connectivity index (χ2n) is 5.67. The summed E-state index contributed by atoms with van der Waals surface area (Å²) in [5, 5.41) is 3.21. The highest BCUT2D eigenvalue weighted by Gasteiger charge is 2.22. The van der Waals surface area contributed by atoms with Gasteiger partial charge in [0.15, 0.2) is 0 Å². The van der Waals surface area contributed by atoms with Gasteiger partial charge in [-0.3, -0.25) is 0 Å². The van der Waals surface area contributed by atoms with Crippen molar-refractivity contribution in [3.05, 3.63) is 29.3 Å². The molecule has 0 saturated carbocycles. The summed E-state index contributed by atoms with van der Waals surface area (Å²) in [6.45, 7) is 9.84. The van der Waals surface area contributed by atoms with Crippen molar-refractivity contribution >= 4 is 21.8 Å². The van der Waals surface area contributed by atoms with Crippen LogP contribution in [0.3, 0.4) is 0 Å². The van der Waals surface area contributed by atoms with Gasteiger partial charge in [0.25, 0.3) is 0 Å². The van der Waals surface area contributed by atoms with Crippen molar-refractivity contribution in [2.75, 3.05) is 19.3 Å². The second kappa shape index (κ2) is 7.63. The molecular formula is C15H26N2O2S2. The van der Waals surface area contributed by atoms with Gasteiger partial charge < -0.3 is 5.32 Å². The molecule has 0 aromatic heterocycles. The van der Waals surface area contributed by atoms with E-state index in [2.05, 4.69) is 10.0 Å². The molecule has 0 spiro atoms. The maximum atomic E-state index is 12.5. The molecule has 0 aliphatic heterocycles. The van der Waals surface area contributed by atoms with E-state index in [-0.39, 0.29) is 4.75 Å². The minimum atomic E-state index is -3.47. The maximum Gasteiger partial charge on any atom is 0.240 e. The van der Waals surface area contributed by atoms with Gasteiger partial charge in [0.05, 0.1) is 4.90 Å². The van der Waals surface area contributed by atoms with E-state index in [4.69, 9.17) is 0 Å². The van der Waals surface area contributed by atoms with Crippen molar-refractivity contribution < 1.29 is 8.42 Å². The third kappa shape index (κ3) is 5.62. The lowest BCUT2D eigenvalue weighted by Gasteiger charge is -2.22. The zero-order valence-electron chi connectivity index (χ0n) is 13.5. The Balaban J connectivity index is 2.96. The van der Waals surface area contributed by atoms with Crippen LogP contribution in [-0.2, 0) is 16.6 Å². The molecule has 1 aromatic carbocycles. The van der Waals surface area contributed by atoms with E-state index in [9.17, 15) is 8.42 Å². The van der Waals surface area contributed by atoms with Gasteiger partial charge in [-0.2, -0.15) is 11.8 Å². The van der Waals surface area contributed by atoms with Crippen molar-refractivity contribution in [2.45, 2.75) is 43.9 Å². The molecular weight excluding hydrogens is 304 g/mol. The largest absolute Gasteiger partial charge is 0.313 e. The van der Waals surface area contributed by atoms with Gasteiger partial charge in [0, 0.05) is 17.8 Å². The number of benzene rings is 1. The monoisotopic (exact) mass is 330 g/mol. The van der Waals surface area contributed by atoms with Gasteiger partial charge >= 0.3 is 0 Å². The quantitative estimate of drug-likeness (QED) is 0.769. The van der Waals surface area contributed by atoms with Gasteiger partial charge in [-0.25, -0.2) is 13.1 Å². The Bertz CT molecular complexity index is 569. The van der Waals surface area contributed by atoms with E-state index < -0.39 is 10.0 Å². The molecule has 0 aliphatic rings. The lowest BCUT2D eigenvalue weighted by atomic mass is 10.1. The van der Waals surface area contributed by atoms with E-state index in [1.165, 1.54) is 0 Å². The summed E-state index contributed by atoms with van der Waals surface area (Å²) in [5.74, 6) is 0. The van der Waals surface area contributed by atoms with Gasteiger partial charge in [0.2, 0.25) is 10.0 Å². The summed E-state index contributed by atoms with van der Waals surface area (Å²) in [5.41, 5.74) is 1.75. The van der Waals surface area contributed by atoms with Gasteiger partial charge in [0.1, 0.15) is 0 Å². The molecule has 1 rings (SSSR count). The highest BCUT2D eigenvalue weighted by molar-refractivity contribution is 8.00. The highest BCUT2D eigenvalue weighted by atomic mass is 32.2. The smallest absolute Gasteiger partial charge is 0.240 e. The van der Waals surface area contributed by atoms with Gasteiger partial charge in [-0.05, 0) is 50.8 Å². The first-order valence-electron chi connectivity index (χ1n) is 7.07. The number of nitrogens with one attached hydrogen (secondary N) is 2. The Hall–Kier alpha value is -0.560. The van der Waals surface area contributed by atoms with E-state index >= 15 is 0 Å². The molecule has 0 saturated heterocycles. The molecule has 0 bridgehead atoms. The summed E-state index contributed by atoms with van der Waals surface area (Å²) in [6, 6.07) is 5.58. The van der Waals surface area contributed by atoms with Crippen molar-refractivity contribution in [2.24, 2.45) is 0 Å². The van der Waals surface area contributed by atoms with E-state index in [1.807, 2.05) is 46.1 Å². The predicted octanol–water partition coefficient (Wildman–Crippen LogP) is 2.52. The van der Waals surface area contributed by atoms with Crippen LogP contribution < -0.4 is 10.0 Å². The molecule has 0 unspecified atom stereocenters. The summed E-state index contributed by atoms with van der Waals surface area (Å²) in [7, 11) is -3.47. The third-order valence-electron chi connectivity index (χ3n) is 3.36. The van der Waals surface area contributed by atoms with Crippen LogP contribution in [-0.4, -0.2) is 32.5 Å². The number of hydrogen-bond donors (Lipinski definition) is 2. The predicted molar refractivity (Wildman–Crippen MR) is 91.3 cm³/mol. The van der Waals surface area contributed by atoms with Gasteiger partial charge in [-0.15, -0.1) is 0 Å². The van der Waals surface area contributed by atoms with Crippen LogP contribution in [0.1, 0.15) is 31.9 Å². The van der Waals surface area contributed by atoms with E-state index in [0.717, 1.165) is 17.7 Å². The minimum absolute atomic E-state index is 0.123. The third-order valence-corrected chi connectivity index (χ3v) is 6.15. The molecule has 0 atom stereocenters. The molecule has 2 N–H and O–H groups in total. The molecule has 0 amide bonds. The summed E-state index contributed by atoms with van der Waals surface area (Å²) >= 11 is 1.64. The second-order valence-corrected chi connectivity index (χ2v) is 8.92. The minimum Gasteiger partial charge on any atom is -0.313 e. The van der Waals surface area contributed by atoms with Crippen LogP contribution in [0, 0.1) is 6.92 Å². The van der Waals surface area contributed by atoms with Crippen LogP contribution in [0.15, 0.2) is 23.1 Å². The Labute approximate surface area is 133 Å². The standard InChI is InChI=1S/C15H26N2O2S2/c1-6-16-10-13-8-7-12(2)14(9-13)21(18,19)17-11-15(3,4)20-5/h7-9,16-17H,6,10-11H2,1-5H3. The topological polar surface area (TPSA) is 58.2 Å². The first-order valence-corrected chi connectivity index (χ1v) is 9.77. The van der Waals surface area contributed by atoms with Crippen molar-refractivity contribution in [1.29, 1.82) is 0 Å². The SMILES string of the molecule is CCNCc1ccc(C)c(S(=O)(=O)NCC(C)(C)SC)c1. The van der Waals surface area contributed by atoms with E-state index in [0.29, 0.717) is 18.0 Å². The lowest BCUT2D eigenvalue weighted by Crippen LogP contribution is -2.36. The lowest BCUT2D eigenvalue weighted by molar-refractivity contribution is 0.570. The summed E-state index contributed by atoms with van der Waals surface area (Å²) < 4.78 is 27.6.